The summed E-state index contributed by atoms with van der Waals surface area (Å²) in [5, 5.41) is 0. The molecule has 0 bridgehead atoms. The van der Waals surface area contributed by atoms with Crippen LogP contribution in [-0.4, -0.2) is 0 Å². The predicted molar refractivity (Wildman–Crippen MR) is 78.5 cm³/mol. The molecule has 0 atom stereocenters. The molecule has 0 radical (unpaired) electrons. The van der Waals surface area contributed by atoms with Gasteiger partial charge in [-0.3, -0.25) is 0 Å². The van der Waals surface area contributed by atoms with Gasteiger partial charge in [0.15, 0.2) is 0 Å². The van der Waals surface area contributed by atoms with Crippen LogP contribution in [-0.2, 0) is 6.42 Å². The molecule has 0 saturated heterocycles. The molecule has 1 nitrogen and oxygen atoms in total. The monoisotopic (exact) mass is 245 g/mol. The standard InChI is InChI=1S/C9H13N.C6H6S/c1-2-5-8-6-3-4-7-9(8)10;7-6-4-2-1-3-5-6/h3-4,6-7H,2,5,10H2,1H3;1-5,7H. The van der Waals surface area contributed by atoms with E-state index in [0.29, 0.717) is 0 Å². The molecule has 2 heteroatoms. The van der Waals surface area contributed by atoms with Crippen molar-refractivity contribution < 1.29 is 0 Å². The van der Waals surface area contributed by atoms with E-state index in [1.807, 2.05) is 48.5 Å². The van der Waals surface area contributed by atoms with Crippen LogP contribution in [0.2, 0.25) is 0 Å². The highest BCUT2D eigenvalue weighted by atomic mass is 32.1. The average Bonchev–Trinajstić information content (AvgIpc) is 2.34. The van der Waals surface area contributed by atoms with Gasteiger partial charge < -0.3 is 5.73 Å². The van der Waals surface area contributed by atoms with Gasteiger partial charge in [-0.05, 0) is 30.2 Å². The SMILES string of the molecule is CCCc1ccccc1N.Sc1ccccc1. The first-order valence-electron chi connectivity index (χ1n) is 5.81. The number of para-hydroxylation sites is 1. The van der Waals surface area contributed by atoms with Gasteiger partial charge >= 0.3 is 0 Å². The first-order chi connectivity index (χ1) is 8.24. The van der Waals surface area contributed by atoms with Gasteiger partial charge in [-0.25, -0.2) is 0 Å². The molecule has 0 aliphatic heterocycles. The van der Waals surface area contributed by atoms with Crippen molar-refractivity contribution in [1.82, 2.24) is 0 Å². The lowest BCUT2D eigenvalue weighted by atomic mass is 10.1. The van der Waals surface area contributed by atoms with Gasteiger partial charge in [-0.1, -0.05) is 49.7 Å². The molecular weight excluding hydrogens is 226 g/mol. The van der Waals surface area contributed by atoms with Crippen LogP contribution in [0.3, 0.4) is 0 Å². The number of hydrogen-bond donors (Lipinski definition) is 2. The fourth-order valence-corrected chi connectivity index (χ4v) is 1.63. The van der Waals surface area contributed by atoms with Gasteiger partial charge in [-0.2, -0.15) is 0 Å². The lowest BCUT2D eigenvalue weighted by Gasteiger charge is -2.01. The van der Waals surface area contributed by atoms with Crippen molar-refractivity contribution in [3.05, 3.63) is 60.2 Å². The summed E-state index contributed by atoms with van der Waals surface area (Å²) in [6.07, 6.45) is 2.25. The Hall–Kier alpha value is -1.41. The van der Waals surface area contributed by atoms with Crippen LogP contribution in [0.5, 0.6) is 0 Å². The Kier molecular flexibility index (Phi) is 6.26. The maximum Gasteiger partial charge on any atom is 0.0346 e. The summed E-state index contributed by atoms with van der Waals surface area (Å²) in [6.45, 7) is 2.16. The van der Waals surface area contributed by atoms with Gasteiger partial charge in [0.25, 0.3) is 0 Å². The molecule has 90 valence electrons. The minimum atomic E-state index is 0.921. The van der Waals surface area contributed by atoms with Crippen molar-refractivity contribution in [3.8, 4) is 0 Å². The van der Waals surface area contributed by atoms with Crippen LogP contribution >= 0.6 is 12.6 Å². The fourth-order valence-electron chi connectivity index (χ4n) is 1.46. The van der Waals surface area contributed by atoms with E-state index in [-0.39, 0.29) is 0 Å². The van der Waals surface area contributed by atoms with Crippen molar-refractivity contribution >= 4 is 18.3 Å². The molecule has 2 N–H and O–H groups in total. The minimum absolute atomic E-state index is 0.921. The Labute approximate surface area is 109 Å². The summed E-state index contributed by atoms with van der Waals surface area (Å²) in [5.41, 5.74) is 7.90. The van der Waals surface area contributed by atoms with E-state index in [1.165, 1.54) is 5.56 Å². The van der Waals surface area contributed by atoms with E-state index in [4.69, 9.17) is 5.73 Å². The van der Waals surface area contributed by atoms with Gasteiger partial charge in [0.2, 0.25) is 0 Å². The molecule has 0 amide bonds. The summed E-state index contributed by atoms with van der Waals surface area (Å²) in [7, 11) is 0. The number of nitrogens with two attached hydrogens (primary N) is 1. The van der Waals surface area contributed by atoms with Gasteiger partial charge in [0.1, 0.15) is 0 Å². The molecule has 0 unspecified atom stereocenters. The first kappa shape index (κ1) is 13.7. The summed E-state index contributed by atoms with van der Waals surface area (Å²) < 4.78 is 0. The summed E-state index contributed by atoms with van der Waals surface area (Å²) in [6, 6.07) is 17.8. The van der Waals surface area contributed by atoms with E-state index in [0.717, 1.165) is 23.4 Å². The third-order valence-corrected chi connectivity index (χ3v) is 2.63. The molecule has 0 saturated carbocycles. The highest BCUT2D eigenvalue weighted by Crippen LogP contribution is 2.11. The van der Waals surface area contributed by atoms with E-state index in [1.54, 1.807) is 0 Å². The molecule has 2 rings (SSSR count). The molecule has 17 heavy (non-hydrogen) atoms. The Bertz CT molecular complexity index is 426. The van der Waals surface area contributed by atoms with Gasteiger partial charge in [-0.15, -0.1) is 12.6 Å². The van der Waals surface area contributed by atoms with Gasteiger partial charge in [0.05, 0.1) is 0 Å². The third-order valence-electron chi connectivity index (χ3n) is 2.33. The molecule has 2 aromatic carbocycles. The van der Waals surface area contributed by atoms with Crippen LogP contribution in [0.4, 0.5) is 5.69 Å². The molecular formula is C15H19NS. The van der Waals surface area contributed by atoms with Crippen LogP contribution in [0.25, 0.3) is 0 Å². The molecule has 2 aromatic rings. The zero-order valence-corrected chi connectivity index (χ0v) is 11.0. The van der Waals surface area contributed by atoms with Crippen LogP contribution in [0, 0.1) is 0 Å². The van der Waals surface area contributed by atoms with E-state index in [2.05, 4.69) is 25.6 Å². The number of thiol groups is 1. The van der Waals surface area contributed by atoms with E-state index < -0.39 is 0 Å². The third kappa shape index (κ3) is 5.45. The summed E-state index contributed by atoms with van der Waals surface area (Å²) in [5.74, 6) is 0. The molecule has 0 heterocycles. The average molecular weight is 245 g/mol. The second-order valence-corrected chi connectivity index (χ2v) is 4.30. The maximum atomic E-state index is 5.71. The number of benzene rings is 2. The van der Waals surface area contributed by atoms with Crippen LogP contribution < -0.4 is 5.73 Å². The van der Waals surface area contributed by atoms with Crippen molar-refractivity contribution in [2.75, 3.05) is 5.73 Å². The highest BCUT2D eigenvalue weighted by Gasteiger charge is 1.93. The van der Waals surface area contributed by atoms with Gasteiger partial charge in [0, 0.05) is 10.6 Å². The summed E-state index contributed by atoms with van der Waals surface area (Å²) >= 11 is 4.08. The number of anilines is 1. The second kappa shape index (κ2) is 7.80. The zero-order valence-electron chi connectivity index (χ0n) is 10.1. The maximum absolute atomic E-state index is 5.71. The lowest BCUT2D eigenvalue weighted by Crippen LogP contribution is -1.92. The smallest absolute Gasteiger partial charge is 0.0346 e. The van der Waals surface area contributed by atoms with Crippen molar-refractivity contribution in [2.24, 2.45) is 0 Å². The minimum Gasteiger partial charge on any atom is -0.399 e. The van der Waals surface area contributed by atoms with Crippen LogP contribution in [0.1, 0.15) is 18.9 Å². The number of nitrogen functional groups attached to an aromatic ring is 1. The second-order valence-electron chi connectivity index (χ2n) is 3.78. The van der Waals surface area contributed by atoms with Crippen LogP contribution in [0.15, 0.2) is 59.5 Å². The number of aryl methyl sites for hydroxylation is 1. The quantitative estimate of drug-likeness (QED) is 0.602. The largest absolute Gasteiger partial charge is 0.399 e. The molecule has 0 aliphatic rings. The fraction of sp³-hybridized carbons (Fsp3) is 0.200. The predicted octanol–water partition coefficient (Wildman–Crippen LogP) is 4.20. The number of hydrogen-bond acceptors (Lipinski definition) is 2. The Morgan fingerprint density at radius 1 is 0.941 bits per heavy atom. The van der Waals surface area contributed by atoms with Crippen molar-refractivity contribution in [2.45, 2.75) is 24.7 Å². The molecule has 0 fully saturated rings. The number of rotatable bonds is 2. The van der Waals surface area contributed by atoms with Crippen molar-refractivity contribution in [3.63, 3.8) is 0 Å². The molecule has 0 aliphatic carbocycles. The lowest BCUT2D eigenvalue weighted by molar-refractivity contribution is 0.924. The Morgan fingerprint density at radius 2 is 1.53 bits per heavy atom. The van der Waals surface area contributed by atoms with Crippen molar-refractivity contribution in [1.29, 1.82) is 0 Å². The topological polar surface area (TPSA) is 26.0 Å². The Morgan fingerprint density at radius 3 is 2.00 bits per heavy atom. The molecule has 0 aromatic heterocycles. The highest BCUT2D eigenvalue weighted by molar-refractivity contribution is 7.80. The first-order valence-corrected chi connectivity index (χ1v) is 6.26. The Balaban J connectivity index is 0.000000181. The van der Waals surface area contributed by atoms with E-state index in [9.17, 15) is 0 Å². The molecule has 0 spiro atoms. The zero-order chi connectivity index (χ0) is 12.5. The normalized spacial score (nSPS) is 9.29. The van der Waals surface area contributed by atoms with E-state index >= 15 is 0 Å². The summed E-state index contributed by atoms with van der Waals surface area (Å²) in [4.78, 5) is 1.02.